The third-order valence-electron chi connectivity index (χ3n) is 12.7. The third kappa shape index (κ3) is 5.78. The molecule has 0 bridgehead atoms. The van der Waals surface area contributed by atoms with Crippen LogP contribution in [0, 0.1) is 0 Å². The first-order valence-electron chi connectivity index (χ1n) is 21.0. The van der Waals surface area contributed by atoms with Gasteiger partial charge in [0.25, 0.3) is 0 Å². The topological polar surface area (TPSA) is 6.48 Å². The first kappa shape index (κ1) is 35.8. The molecule has 2 atom stereocenters. The van der Waals surface area contributed by atoms with Crippen LogP contribution in [0.15, 0.2) is 182 Å². The highest BCUT2D eigenvalue weighted by Gasteiger charge is 2.27. The van der Waals surface area contributed by atoms with Crippen molar-refractivity contribution in [3.8, 4) is 0 Å². The van der Waals surface area contributed by atoms with Crippen LogP contribution in [0.5, 0.6) is 0 Å². The van der Waals surface area contributed by atoms with Crippen LogP contribution < -0.4 is 9.80 Å². The van der Waals surface area contributed by atoms with Gasteiger partial charge in [0.15, 0.2) is 0 Å². The van der Waals surface area contributed by atoms with Crippen LogP contribution >= 0.6 is 0 Å². The van der Waals surface area contributed by atoms with Crippen molar-refractivity contribution in [1.29, 1.82) is 0 Å². The molecule has 0 aliphatic heterocycles. The molecule has 58 heavy (non-hydrogen) atoms. The van der Waals surface area contributed by atoms with Crippen molar-refractivity contribution in [3.05, 3.63) is 193 Å². The fraction of sp³-hybridized carbons (Fsp3) is 0.143. The van der Waals surface area contributed by atoms with Crippen molar-refractivity contribution in [2.24, 2.45) is 0 Å². The van der Waals surface area contributed by atoms with Gasteiger partial charge in [-0.15, -0.1) is 0 Å². The average Bonchev–Trinajstić information content (AvgIpc) is 3.29. The minimum absolute atomic E-state index is 0.360. The maximum atomic E-state index is 2.52. The molecule has 0 saturated heterocycles. The summed E-state index contributed by atoms with van der Waals surface area (Å²) in [5, 5.41) is 12.9. The Bertz CT molecular complexity index is 2850. The lowest BCUT2D eigenvalue weighted by Gasteiger charge is -2.32. The standard InChI is InChI=1S/C56H48N2/c1-5-37(3)49-35-53(57(41-23-9-7-10-24-41)51-29-17-21-39-19-13-15-27-43(39)51)47-34-32-46-50(38(4)6-2)36-54(48-33-31-45(49)55(47)56(46)48)58(42-25-11-8-12-26-42)52-30-18-22-40-20-14-16-28-44(40)52/h7-38H,5-6H2,1-4H3. The van der Waals surface area contributed by atoms with Gasteiger partial charge in [-0.3, -0.25) is 0 Å². The molecule has 282 valence electrons. The van der Waals surface area contributed by atoms with Crippen LogP contribution in [0.3, 0.4) is 0 Å². The molecule has 2 unspecified atom stereocenters. The molecule has 0 spiro atoms. The summed E-state index contributed by atoms with van der Waals surface area (Å²) in [5.74, 6) is 0.719. The monoisotopic (exact) mass is 748 g/mol. The number of hydrogen-bond donors (Lipinski definition) is 0. The van der Waals surface area contributed by atoms with E-state index >= 15 is 0 Å². The largest absolute Gasteiger partial charge is 0.309 e. The maximum Gasteiger partial charge on any atom is 0.0543 e. The number of anilines is 6. The quantitative estimate of drug-likeness (QED) is 0.129. The van der Waals surface area contributed by atoms with E-state index in [1.165, 1.54) is 87.7 Å². The summed E-state index contributed by atoms with van der Waals surface area (Å²) in [4.78, 5) is 5.03. The zero-order valence-corrected chi connectivity index (χ0v) is 33.8. The second-order valence-corrected chi connectivity index (χ2v) is 16.0. The number of benzene rings is 10. The summed E-state index contributed by atoms with van der Waals surface area (Å²) >= 11 is 0. The van der Waals surface area contributed by atoms with Crippen LogP contribution in [0.1, 0.15) is 63.5 Å². The molecular formula is C56H48N2. The van der Waals surface area contributed by atoms with Gasteiger partial charge in [0.1, 0.15) is 0 Å². The van der Waals surface area contributed by atoms with E-state index in [0.717, 1.165) is 24.2 Å². The molecule has 0 heterocycles. The Balaban J connectivity index is 1.37. The normalized spacial score (nSPS) is 12.8. The Morgan fingerprint density at radius 1 is 0.345 bits per heavy atom. The molecule has 0 amide bonds. The van der Waals surface area contributed by atoms with Crippen molar-refractivity contribution in [2.45, 2.75) is 52.4 Å². The third-order valence-corrected chi connectivity index (χ3v) is 12.7. The van der Waals surface area contributed by atoms with E-state index in [4.69, 9.17) is 0 Å². The lowest BCUT2D eigenvalue weighted by atomic mass is 9.82. The van der Waals surface area contributed by atoms with Crippen molar-refractivity contribution in [1.82, 2.24) is 0 Å². The molecule has 0 saturated carbocycles. The van der Waals surface area contributed by atoms with E-state index in [9.17, 15) is 0 Å². The average molecular weight is 749 g/mol. The second kappa shape index (κ2) is 14.7. The van der Waals surface area contributed by atoms with Gasteiger partial charge in [0, 0.05) is 32.9 Å². The minimum atomic E-state index is 0.360. The van der Waals surface area contributed by atoms with Gasteiger partial charge in [0.2, 0.25) is 0 Å². The molecule has 2 nitrogen and oxygen atoms in total. The smallest absolute Gasteiger partial charge is 0.0543 e. The Hall–Kier alpha value is -6.64. The second-order valence-electron chi connectivity index (χ2n) is 16.0. The number of para-hydroxylation sites is 2. The van der Waals surface area contributed by atoms with E-state index in [0.29, 0.717) is 11.8 Å². The zero-order valence-electron chi connectivity index (χ0n) is 33.8. The first-order valence-corrected chi connectivity index (χ1v) is 21.0. The van der Waals surface area contributed by atoms with Crippen molar-refractivity contribution >= 4 is 88.0 Å². The van der Waals surface area contributed by atoms with Crippen LogP contribution in [-0.2, 0) is 0 Å². The highest BCUT2D eigenvalue weighted by atomic mass is 15.2. The fourth-order valence-corrected chi connectivity index (χ4v) is 9.41. The predicted molar refractivity (Wildman–Crippen MR) is 252 cm³/mol. The Kier molecular flexibility index (Phi) is 9.06. The first-order chi connectivity index (χ1) is 28.6. The van der Waals surface area contributed by atoms with Crippen LogP contribution in [0.4, 0.5) is 34.1 Å². The molecule has 10 rings (SSSR count). The SMILES string of the molecule is CCC(C)c1cc(N(c2ccccc2)c2cccc3ccccc23)c2ccc3c(C(C)CC)cc(N(c4ccccc4)c4cccc5ccccc45)c4ccc1c2c34. The fourth-order valence-electron chi connectivity index (χ4n) is 9.41. The molecule has 10 aromatic carbocycles. The molecular weight excluding hydrogens is 701 g/mol. The van der Waals surface area contributed by atoms with E-state index in [-0.39, 0.29) is 0 Å². The molecule has 0 aromatic heterocycles. The van der Waals surface area contributed by atoms with Gasteiger partial charge in [-0.2, -0.15) is 0 Å². The van der Waals surface area contributed by atoms with Crippen molar-refractivity contribution < 1.29 is 0 Å². The van der Waals surface area contributed by atoms with E-state index in [2.05, 4.69) is 219 Å². The predicted octanol–water partition coefficient (Wildman–Crippen LogP) is 16.9. The van der Waals surface area contributed by atoms with E-state index in [1.54, 1.807) is 0 Å². The van der Waals surface area contributed by atoms with Crippen LogP contribution in [0.25, 0.3) is 53.9 Å². The molecule has 10 aromatic rings. The number of fused-ring (bicyclic) bond motifs is 2. The Morgan fingerprint density at radius 2 is 0.707 bits per heavy atom. The summed E-state index contributed by atoms with van der Waals surface area (Å²) in [7, 11) is 0. The minimum Gasteiger partial charge on any atom is -0.309 e. The van der Waals surface area contributed by atoms with Gasteiger partial charge in [-0.05, 0) is 117 Å². The van der Waals surface area contributed by atoms with E-state index < -0.39 is 0 Å². The van der Waals surface area contributed by atoms with Gasteiger partial charge in [0.05, 0.1) is 22.7 Å². The number of rotatable bonds is 10. The van der Waals surface area contributed by atoms with Crippen molar-refractivity contribution in [2.75, 3.05) is 9.80 Å². The molecule has 0 aliphatic rings. The van der Waals surface area contributed by atoms with Gasteiger partial charge >= 0.3 is 0 Å². The molecule has 0 aliphatic carbocycles. The highest BCUT2D eigenvalue weighted by Crippen LogP contribution is 2.52. The Labute approximate surface area is 341 Å². The summed E-state index contributed by atoms with van der Waals surface area (Å²) in [6.07, 6.45) is 2.10. The van der Waals surface area contributed by atoms with Crippen LogP contribution in [0.2, 0.25) is 0 Å². The summed E-state index contributed by atoms with van der Waals surface area (Å²) in [6, 6.07) is 67.6. The van der Waals surface area contributed by atoms with Crippen LogP contribution in [-0.4, -0.2) is 0 Å². The lowest BCUT2D eigenvalue weighted by Crippen LogP contribution is -2.13. The zero-order chi connectivity index (χ0) is 39.3. The number of nitrogens with zero attached hydrogens (tertiary/aromatic N) is 2. The van der Waals surface area contributed by atoms with Crippen molar-refractivity contribution in [3.63, 3.8) is 0 Å². The maximum absolute atomic E-state index is 2.52. The van der Waals surface area contributed by atoms with Gasteiger partial charge in [-0.25, -0.2) is 0 Å². The van der Waals surface area contributed by atoms with Gasteiger partial charge < -0.3 is 9.80 Å². The summed E-state index contributed by atoms with van der Waals surface area (Å²) in [5.41, 5.74) is 9.87. The lowest BCUT2D eigenvalue weighted by molar-refractivity contribution is 0.739. The molecule has 0 radical (unpaired) electrons. The Morgan fingerprint density at radius 3 is 1.12 bits per heavy atom. The number of hydrogen-bond acceptors (Lipinski definition) is 2. The summed E-state index contributed by atoms with van der Waals surface area (Å²) in [6.45, 7) is 9.44. The molecule has 2 heteroatoms. The summed E-state index contributed by atoms with van der Waals surface area (Å²) < 4.78 is 0. The van der Waals surface area contributed by atoms with Gasteiger partial charge in [-0.1, -0.05) is 161 Å². The van der Waals surface area contributed by atoms with E-state index in [1.807, 2.05) is 0 Å². The highest BCUT2D eigenvalue weighted by molar-refractivity contribution is 6.30. The molecule has 0 N–H and O–H groups in total. The molecule has 0 fully saturated rings.